The SMILES string of the molecule is CN=C(NCCCCN1CCCC1)NCc1ccc(F)c(C)c1. The van der Waals surface area contributed by atoms with Crippen LogP contribution in [0.4, 0.5) is 4.39 Å². The van der Waals surface area contributed by atoms with Gasteiger partial charge in [0, 0.05) is 20.1 Å². The van der Waals surface area contributed by atoms with E-state index in [4.69, 9.17) is 0 Å². The van der Waals surface area contributed by atoms with E-state index in [2.05, 4.69) is 20.5 Å². The van der Waals surface area contributed by atoms with Crippen molar-refractivity contribution in [3.05, 3.63) is 35.1 Å². The second-order valence-electron chi connectivity index (χ2n) is 6.19. The third kappa shape index (κ3) is 6.18. The summed E-state index contributed by atoms with van der Waals surface area (Å²) >= 11 is 0. The van der Waals surface area contributed by atoms with Gasteiger partial charge < -0.3 is 15.5 Å². The maximum Gasteiger partial charge on any atom is 0.191 e. The van der Waals surface area contributed by atoms with E-state index < -0.39 is 0 Å². The third-order valence-corrected chi connectivity index (χ3v) is 4.30. The summed E-state index contributed by atoms with van der Waals surface area (Å²) in [6.07, 6.45) is 5.09. The fourth-order valence-electron chi connectivity index (χ4n) is 2.90. The minimum atomic E-state index is -0.158. The lowest BCUT2D eigenvalue weighted by atomic mass is 10.1. The summed E-state index contributed by atoms with van der Waals surface area (Å²) in [5, 5.41) is 6.61. The van der Waals surface area contributed by atoms with Crippen LogP contribution >= 0.6 is 0 Å². The number of aryl methyl sites for hydroxylation is 1. The predicted octanol–water partition coefficient (Wildman–Crippen LogP) is 2.68. The highest BCUT2D eigenvalue weighted by atomic mass is 19.1. The largest absolute Gasteiger partial charge is 0.356 e. The van der Waals surface area contributed by atoms with Gasteiger partial charge in [-0.25, -0.2) is 4.39 Å². The van der Waals surface area contributed by atoms with Crippen molar-refractivity contribution in [3.63, 3.8) is 0 Å². The van der Waals surface area contributed by atoms with Gasteiger partial charge in [-0.3, -0.25) is 4.99 Å². The van der Waals surface area contributed by atoms with Gasteiger partial charge in [0.1, 0.15) is 5.82 Å². The molecule has 0 saturated carbocycles. The van der Waals surface area contributed by atoms with Gasteiger partial charge in [-0.15, -0.1) is 0 Å². The van der Waals surface area contributed by atoms with Gasteiger partial charge in [0.05, 0.1) is 0 Å². The molecule has 0 radical (unpaired) electrons. The van der Waals surface area contributed by atoms with Crippen LogP contribution in [0.15, 0.2) is 23.2 Å². The van der Waals surface area contributed by atoms with E-state index in [1.807, 2.05) is 6.07 Å². The van der Waals surface area contributed by atoms with Crippen molar-refractivity contribution in [1.29, 1.82) is 0 Å². The number of aliphatic imine (C=N–C) groups is 1. The molecule has 0 aliphatic carbocycles. The molecule has 1 aliphatic rings. The molecule has 2 N–H and O–H groups in total. The molecule has 1 fully saturated rings. The van der Waals surface area contributed by atoms with Gasteiger partial charge in [-0.05, 0) is 69.4 Å². The number of benzene rings is 1. The van der Waals surface area contributed by atoms with Crippen LogP contribution in [0.5, 0.6) is 0 Å². The standard InChI is InChI=1S/C18H29FN4/c1-15-13-16(7-8-17(15)19)14-22-18(20-2)21-9-3-4-10-23-11-5-6-12-23/h7-8,13H,3-6,9-12,14H2,1-2H3,(H2,20,21,22). The number of likely N-dealkylation sites (tertiary alicyclic amines) is 1. The molecule has 1 heterocycles. The van der Waals surface area contributed by atoms with E-state index in [9.17, 15) is 4.39 Å². The zero-order valence-electron chi connectivity index (χ0n) is 14.4. The van der Waals surface area contributed by atoms with Crippen LogP contribution in [-0.2, 0) is 6.54 Å². The summed E-state index contributed by atoms with van der Waals surface area (Å²) in [4.78, 5) is 6.77. The molecular weight excluding hydrogens is 291 g/mol. The van der Waals surface area contributed by atoms with Crippen LogP contribution in [0.2, 0.25) is 0 Å². The number of guanidine groups is 1. The Balaban J connectivity index is 1.61. The Labute approximate surface area is 139 Å². The van der Waals surface area contributed by atoms with E-state index in [-0.39, 0.29) is 5.82 Å². The Hall–Kier alpha value is -1.62. The van der Waals surface area contributed by atoms with E-state index in [0.29, 0.717) is 12.1 Å². The number of hydrogen-bond donors (Lipinski definition) is 2. The quantitative estimate of drug-likeness (QED) is 0.461. The molecule has 1 aromatic rings. The topological polar surface area (TPSA) is 39.7 Å². The Bertz CT molecular complexity index is 510. The number of unbranched alkanes of at least 4 members (excludes halogenated alkanes) is 1. The highest BCUT2D eigenvalue weighted by Gasteiger charge is 2.10. The van der Waals surface area contributed by atoms with E-state index in [0.717, 1.165) is 24.5 Å². The number of nitrogens with zero attached hydrogens (tertiary/aromatic N) is 2. The molecule has 2 rings (SSSR count). The van der Waals surface area contributed by atoms with Crippen LogP contribution in [-0.4, -0.2) is 44.1 Å². The second kappa shape index (κ2) is 9.50. The van der Waals surface area contributed by atoms with Gasteiger partial charge in [0.2, 0.25) is 0 Å². The fourth-order valence-corrected chi connectivity index (χ4v) is 2.90. The zero-order chi connectivity index (χ0) is 16.5. The molecule has 1 aromatic carbocycles. The predicted molar refractivity (Wildman–Crippen MR) is 94.2 cm³/mol. The molecule has 0 bridgehead atoms. The molecule has 128 valence electrons. The summed E-state index contributed by atoms with van der Waals surface area (Å²) in [5.74, 6) is 0.641. The van der Waals surface area contributed by atoms with Crippen molar-refractivity contribution in [3.8, 4) is 0 Å². The van der Waals surface area contributed by atoms with Gasteiger partial charge in [0.15, 0.2) is 5.96 Å². The minimum absolute atomic E-state index is 0.158. The van der Waals surface area contributed by atoms with Gasteiger partial charge >= 0.3 is 0 Å². The lowest BCUT2D eigenvalue weighted by Crippen LogP contribution is -2.37. The van der Waals surface area contributed by atoms with Crippen LogP contribution in [0, 0.1) is 12.7 Å². The highest BCUT2D eigenvalue weighted by Crippen LogP contribution is 2.09. The number of hydrogen-bond acceptors (Lipinski definition) is 2. The maximum absolute atomic E-state index is 13.3. The highest BCUT2D eigenvalue weighted by molar-refractivity contribution is 5.79. The summed E-state index contributed by atoms with van der Waals surface area (Å²) in [6, 6.07) is 5.19. The van der Waals surface area contributed by atoms with Crippen LogP contribution < -0.4 is 10.6 Å². The van der Waals surface area contributed by atoms with Crippen molar-refractivity contribution in [2.75, 3.05) is 33.2 Å². The normalized spacial score (nSPS) is 15.9. The Morgan fingerprint density at radius 3 is 2.70 bits per heavy atom. The molecule has 0 atom stereocenters. The molecular formula is C18H29FN4. The van der Waals surface area contributed by atoms with Crippen molar-refractivity contribution in [2.45, 2.75) is 39.2 Å². The summed E-state index contributed by atoms with van der Waals surface area (Å²) < 4.78 is 13.3. The van der Waals surface area contributed by atoms with Gasteiger partial charge in [-0.2, -0.15) is 0 Å². The van der Waals surface area contributed by atoms with Gasteiger partial charge in [0.25, 0.3) is 0 Å². The van der Waals surface area contributed by atoms with Crippen molar-refractivity contribution < 1.29 is 4.39 Å². The first-order valence-electron chi connectivity index (χ1n) is 8.61. The molecule has 1 saturated heterocycles. The monoisotopic (exact) mass is 320 g/mol. The first-order chi connectivity index (χ1) is 11.2. The lowest BCUT2D eigenvalue weighted by Gasteiger charge is -2.15. The minimum Gasteiger partial charge on any atom is -0.356 e. The molecule has 0 aromatic heterocycles. The van der Waals surface area contributed by atoms with Gasteiger partial charge in [-0.1, -0.05) is 12.1 Å². The smallest absolute Gasteiger partial charge is 0.191 e. The second-order valence-corrected chi connectivity index (χ2v) is 6.19. The van der Waals surface area contributed by atoms with E-state index in [1.165, 1.54) is 45.0 Å². The average molecular weight is 320 g/mol. The van der Waals surface area contributed by atoms with Crippen LogP contribution in [0.3, 0.4) is 0 Å². The lowest BCUT2D eigenvalue weighted by molar-refractivity contribution is 0.330. The number of halogens is 1. The molecule has 0 spiro atoms. The summed E-state index contributed by atoms with van der Waals surface area (Å²) in [5.41, 5.74) is 1.73. The van der Waals surface area contributed by atoms with Crippen molar-refractivity contribution in [1.82, 2.24) is 15.5 Å². The Morgan fingerprint density at radius 2 is 2.00 bits per heavy atom. The number of nitrogens with one attached hydrogen (secondary N) is 2. The fraction of sp³-hybridized carbons (Fsp3) is 0.611. The summed E-state index contributed by atoms with van der Waals surface area (Å²) in [6.45, 7) is 7.11. The van der Waals surface area contributed by atoms with Crippen LogP contribution in [0.1, 0.15) is 36.8 Å². The molecule has 23 heavy (non-hydrogen) atoms. The molecule has 4 nitrogen and oxygen atoms in total. The maximum atomic E-state index is 13.3. The molecule has 1 aliphatic heterocycles. The van der Waals surface area contributed by atoms with E-state index >= 15 is 0 Å². The Morgan fingerprint density at radius 1 is 1.22 bits per heavy atom. The molecule has 0 amide bonds. The molecule has 0 unspecified atom stereocenters. The average Bonchev–Trinajstić information content (AvgIpc) is 3.06. The van der Waals surface area contributed by atoms with Crippen LogP contribution in [0.25, 0.3) is 0 Å². The zero-order valence-corrected chi connectivity index (χ0v) is 14.4. The first kappa shape index (κ1) is 17.7. The Kier molecular flexibility index (Phi) is 7.33. The molecule has 5 heteroatoms. The summed E-state index contributed by atoms with van der Waals surface area (Å²) in [7, 11) is 1.77. The first-order valence-corrected chi connectivity index (χ1v) is 8.61. The van der Waals surface area contributed by atoms with Crippen molar-refractivity contribution in [2.24, 2.45) is 4.99 Å². The number of rotatable bonds is 7. The third-order valence-electron chi connectivity index (χ3n) is 4.30. The van der Waals surface area contributed by atoms with Crippen molar-refractivity contribution >= 4 is 5.96 Å². The van der Waals surface area contributed by atoms with E-state index in [1.54, 1.807) is 20.0 Å².